The summed E-state index contributed by atoms with van der Waals surface area (Å²) in [5.41, 5.74) is 6.71. The van der Waals surface area contributed by atoms with Crippen LogP contribution in [-0.2, 0) is 11.3 Å². The molecule has 2 aromatic carbocycles. The Balaban J connectivity index is 1.71. The number of carbonyl (C=O) groups is 1. The third-order valence-electron chi connectivity index (χ3n) is 5.25. The Labute approximate surface area is 185 Å². The number of hydrogen-bond donors (Lipinski definition) is 1. The molecule has 1 N–H and O–H groups in total. The fourth-order valence-corrected chi connectivity index (χ4v) is 3.51. The van der Waals surface area contributed by atoms with Crippen LogP contribution in [0.1, 0.15) is 42.1 Å². The molecule has 0 bridgehead atoms. The maximum absolute atomic E-state index is 11.0. The summed E-state index contributed by atoms with van der Waals surface area (Å²) in [4.78, 5) is 15.7. The van der Waals surface area contributed by atoms with Gasteiger partial charge in [0.25, 0.3) is 0 Å². The van der Waals surface area contributed by atoms with Gasteiger partial charge in [-0.2, -0.15) is 0 Å². The molecule has 0 saturated carbocycles. The Morgan fingerprint density at radius 3 is 2.58 bits per heavy atom. The SMILES string of the molecule is COc1nc(/C=C/c2cccc(-c3ccccc3)c2C)ccc1CNCCCC(C)=O. The molecule has 0 saturated heterocycles. The van der Waals surface area contributed by atoms with Crippen LogP contribution < -0.4 is 10.1 Å². The number of rotatable bonds is 10. The molecule has 1 heterocycles. The number of Topliss-reactive ketones (excluding diaryl/α,β-unsaturated/α-hetero) is 1. The van der Waals surface area contributed by atoms with Crippen LogP contribution in [0.25, 0.3) is 23.3 Å². The van der Waals surface area contributed by atoms with Gasteiger partial charge in [0, 0.05) is 18.5 Å². The lowest BCUT2D eigenvalue weighted by Crippen LogP contribution is -2.16. The van der Waals surface area contributed by atoms with Crippen molar-refractivity contribution in [1.29, 1.82) is 0 Å². The number of carbonyl (C=O) groups excluding carboxylic acids is 1. The second-order valence-electron chi connectivity index (χ2n) is 7.61. The van der Waals surface area contributed by atoms with Crippen LogP contribution in [0, 0.1) is 6.92 Å². The van der Waals surface area contributed by atoms with Crippen molar-refractivity contribution in [2.45, 2.75) is 33.2 Å². The van der Waals surface area contributed by atoms with Crippen LogP contribution in [0.15, 0.2) is 60.7 Å². The molecule has 0 amide bonds. The van der Waals surface area contributed by atoms with E-state index in [-0.39, 0.29) is 5.78 Å². The third kappa shape index (κ3) is 6.37. The number of aromatic nitrogens is 1. The molecule has 3 aromatic rings. The molecule has 0 aliphatic rings. The van der Waals surface area contributed by atoms with Crippen molar-refractivity contribution >= 4 is 17.9 Å². The number of nitrogens with one attached hydrogen (secondary N) is 1. The number of methoxy groups -OCH3 is 1. The molecular weight excluding hydrogens is 384 g/mol. The van der Waals surface area contributed by atoms with Crippen molar-refractivity contribution in [2.75, 3.05) is 13.7 Å². The van der Waals surface area contributed by atoms with E-state index < -0.39 is 0 Å². The van der Waals surface area contributed by atoms with Gasteiger partial charge in [-0.05, 0) is 61.2 Å². The molecule has 3 rings (SSSR count). The summed E-state index contributed by atoms with van der Waals surface area (Å²) in [6.45, 7) is 5.23. The van der Waals surface area contributed by atoms with Gasteiger partial charge in [-0.15, -0.1) is 0 Å². The molecule has 0 aliphatic heterocycles. The van der Waals surface area contributed by atoms with Crippen LogP contribution in [0.4, 0.5) is 0 Å². The van der Waals surface area contributed by atoms with Gasteiger partial charge in [0.05, 0.1) is 12.8 Å². The molecule has 0 fully saturated rings. The van der Waals surface area contributed by atoms with Crippen LogP contribution >= 0.6 is 0 Å². The molecule has 31 heavy (non-hydrogen) atoms. The molecule has 0 spiro atoms. The number of hydrogen-bond acceptors (Lipinski definition) is 4. The van der Waals surface area contributed by atoms with E-state index in [0.717, 1.165) is 24.2 Å². The number of ether oxygens (including phenoxy) is 1. The summed E-state index contributed by atoms with van der Waals surface area (Å²) in [5.74, 6) is 0.845. The van der Waals surface area contributed by atoms with E-state index in [2.05, 4.69) is 65.8 Å². The van der Waals surface area contributed by atoms with E-state index in [1.807, 2.05) is 24.3 Å². The van der Waals surface area contributed by atoms with E-state index in [4.69, 9.17) is 4.74 Å². The minimum atomic E-state index is 0.224. The molecule has 0 radical (unpaired) electrons. The predicted octanol–water partition coefficient (Wildman–Crippen LogP) is 5.69. The first-order valence-corrected chi connectivity index (χ1v) is 10.7. The Morgan fingerprint density at radius 1 is 1.03 bits per heavy atom. The minimum Gasteiger partial charge on any atom is -0.481 e. The summed E-state index contributed by atoms with van der Waals surface area (Å²) in [5, 5.41) is 3.35. The highest BCUT2D eigenvalue weighted by Crippen LogP contribution is 2.26. The van der Waals surface area contributed by atoms with Crippen LogP contribution in [0.3, 0.4) is 0 Å². The standard InChI is InChI=1S/C27H30N2O2/c1-20(30)9-8-18-28-19-24-15-17-25(29-27(24)31-3)16-14-22-12-7-13-26(21(22)2)23-10-5-4-6-11-23/h4-7,10-17,28H,8-9,18-19H2,1-3H3/b16-14+. The first-order chi connectivity index (χ1) is 15.1. The van der Waals surface area contributed by atoms with Gasteiger partial charge in [-0.1, -0.05) is 60.7 Å². The van der Waals surface area contributed by atoms with Gasteiger partial charge in [-0.3, -0.25) is 0 Å². The van der Waals surface area contributed by atoms with Gasteiger partial charge in [0.2, 0.25) is 5.88 Å². The zero-order chi connectivity index (χ0) is 22.1. The molecule has 0 unspecified atom stereocenters. The lowest BCUT2D eigenvalue weighted by atomic mass is 9.96. The summed E-state index contributed by atoms with van der Waals surface area (Å²) < 4.78 is 5.49. The lowest BCUT2D eigenvalue weighted by molar-refractivity contribution is -0.117. The van der Waals surface area contributed by atoms with Crippen LogP contribution in [0.5, 0.6) is 5.88 Å². The highest BCUT2D eigenvalue weighted by molar-refractivity contribution is 5.77. The Hall–Kier alpha value is -3.24. The molecule has 1 aromatic heterocycles. The topological polar surface area (TPSA) is 51.2 Å². The highest BCUT2D eigenvalue weighted by Gasteiger charge is 2.07. The minimum absolute atomic E-state index is 0.224. The third-order valence-corrected chi connectivity index (χ3v) is 5.25. The monoisotopic (exact) mass is 414 g/mol. The van der Waals surface area contributed by atoms with Gasteiger partial charge in [-0.25, -0.2) is 4.98 Å². The molecular formula is C27H30N2O2. The molecule has 0 aliphatic carbocycles. The second-order valence-corrected chi connectivity index (χ2v) is 7.61. The van der Waals surface area contributed by atoms with Gasteiger partial charge < -0.3 is 14.8 Å². The zero-order valence-electron chi connectivity index (χ0n) is 18.5. The van der Waals surface area contributed by atoms with Gasteiger partial charge >= 0.3 is 0 Å². The fraction of sp³-hybridized carbons (Fsp3) is 0.259. The second kappa shape index (κ2) is 11.2. The summed E-state index contributed by atoms with van der Waals surface area (Å²) in [7, 11) is 1.64. The number of pyridine rings is 1. The highest BCUT2D eigenvalue weighted by atomic mass is 16.5. The van der Waals surface area contributed by atoms with Crippen molar-refractivity contribution in [3.8, 4) is 17.0 Å². The summed E-state index contributed by atoms with van der Waals surface area (Å²) in [6, 6.07) is 20.8. The van der Waals surface area contributed by atoms with E-state index in [9.17, 15) is 4.79 Å². The summed E-state index contributed by atoms with van der Waals surface area (Å²) >= 11 is 0. The maximum Gasteiger partial charge on any atom is 0.218 e. The van der Waals surface area contributed by atoms with E-state index in [1.54, 1.807) is 14.0 Å². The quantitative estimate of drug-likeness (QED) is 0.433. The number of ketones is 1. The molecule has 160 valence electrons. The van der Waals surface area contributed by atoms with Crippen molar-refractivity contribution in [1.82, 2.24) is 10.3 Å². The van der Waals surface area contributed by atoms with E-state index >= 15 is 0 Å². The predicted molar refractivity (Wildman–Crippen MR) is 128 cm³/mol. The molecule has 0 atom stereocenters. The van der Waals surface area contributed by atoms with Crippen molar-refractivity contribution in [3.05, 3.63) is 83.0 Å². The fourth-order valence-electron chi connectivity index (χ4n) is 3.51. The van der Waals surface area contributed by atoms with Gasteiger partial charge in [0.1, 0.15) is 5.78 Å². The maximum atomic E-state index is 11.0. The number of benzene rings is 2. The van der Waals surface area contributed by atoms with Crippen molar-refractivity contribution in [3.63, 3.8) is 0 Å². The smallest absolute Gasteiger partial charge is 0.218 e. The molecule has 4 nitrogen and oxygen atoms in total. The van der Waals surface area contributed by atoms with Crippen LogP contribution in [0.2, 0.25) is 0 Å². The van der Waals surface area contributed by atoms with Crippen molar-refractivity contribution in [2.24, 2.45) is 0 Å². The first-order valence-electron chi connectivity index (χ1n) is 10.7. The van der Waals surface area contributed by atoms with E-state index in [0.29, 0.717) is 18.8 Å². The lowest BCUT2D eigenvalue weighted by Gasteiger charge is -2.10. The Kier molecular flexibility index (Phi) is 8.13. The number of nitrogens with zero attached hydrogens (tertiary/aromatic N) is 1. The zero-order valence-corrected chi connectivity index (χ0v) is 18.5. The first kappa shape index (κ1) is 22.4. The average Bonchev–Trinajstić information content (AvgIpc) is 2.79. The van der Waals surface area contributed by atoms with Gasteiger partial charge in [0.15, 0.2) is 0 Å². The Morgan fingerprint density at radius 2 is 1.84 bits per heavy atom. The van der Waals surface area contributed by atoms with E-state index in [1.165, 1.54) is 22.3 Å². The largest absolute Gasteiger partial charge is 0.481 e. The van der Waals surface area contributed by atoms with Crippen molar-refractivity contribution < 1.29 is 9.53 Å². The normalized spacial score (nSPS) is 11.1. The molecule has 4 heteroatoms. The Bertz CT molecular complexity index is 1040. The van der Waals surface area contributed by atoms with Crippen LogP contribution in [-0.4, -0.2) is 24.4 Å². The summed E-state index contributed by atoms with van der Waals surface area (Å²) in [6.07, 6.45) is 5.57. The average molecular weight is 415 g/mol.